The van der Waals surface area contributed by atoms with Crippen LogP contribution in [0.5, 0.6) is 0 Å². The molecule has 1 aliphatic rings. The highest BCUT2D eigenvalue weighted by atomic mass is 32.1. The van der Waals surface area contributed by atoms with Gasteiger partial charge in [0.1, 0.15) is 0 Å². The molecule has 3 heterocycles. The summed E-state index contributed by atoms with van der Waals surface area (Å²) < 4.78 is 1.98. The maximum Gasteiger partial charge on any atom is 0.246 e. The molecule has 0 radical (unpaired) electrons. The number of thiophene rings is 1. The Labute approximate surface area is 130 Å². The molecular weight excluding hydrogens is 296 g/mol. The first-order valence-corrected chi connectivity index (χ1v) is 7.80. The van der Waals surface area contributed by atoms with Crippen molar-refractivity contribution in [3.05, 3.63) is 46.2 Å². The minimum Gasteiger partial charge on any atom is -0.300 e. The molecule has 4 rings (SSSR count). The normalized spacial score (nSPS) is 20.5. The maximum atomic E-state index is 12.3. The third kappa shape index (κ3) is 1.69. The molecule has 22 heavy (non-hydrogen) atoms. The summed E-state index contributed by atoms with van der Waals surface area (Å²) >= 11 is 1.57. The first-order chi connectivity index (χ1) is 10.7. The zero-order chi connectivity index (χ0) is 15.3. The number of nitrogens with zero attached hydrogens (tertiary/aromatic N) is 3. The van der Waals surface area contributed by atoms with Gasteiger partial charge in [0.05, 0.1) is 23.1 Å². The van der Waals surface area contributed by atoms with E-state index in [-0.39, 0.29) is 11.9 Å². The van der Waals surface area contributed by atoms with Crippen LogP contribution >= 0.6 is 11.3 Å². The largest absolute Gasteiger partial charge is 0.300 e. The SMILES string of the molecule is Cc1ccsc1[C@@H]1[C@@H](C#N)C(=O)Nc2nc3ccccc3n21. The molecule has 0 spiro atoms. The molecule has 6 heteroatoms. The average molecular weight is 308 g/mol. The van der Waals surface area contributed by atoms with Gasteiger partial charge in [0.25, 0.3) is 0 Å². The van der Waals surface area contributed by atoms with Gasteiger partial charge in [-0.05, 0) is 36.1 Å². The van der Waals surface area contributed by atoms with E-state index in [2.05, 4.69) is 16.4 Å². The highest BCUT2D eigenvalue weighted by Gasteiger charge is 2.39. The van der Waals surface area contributed by atoms with Crippen LogP contribution in [0.1, 0.15) is 16.5 Å². The summed E-state index contributed by atoms with van der Waals surface area (Å²) in [6.07, 6.45) is 0. The number of amides is 1. The summed E-state index contributed by atoms with van der Waals surface area (Å²) in [4.78, 5) is 17.8. The van der Waals surface area contributed by atoms with Crippen molar-refractivity contribution in [1.29, 1.82) is 5.26 Å². The number of hydrogen-bond donors (Lipinski definition) is 1. The van der Waals surface area contributed by atoms with Gasteiger partial charge in [-0.1, -0.05) is 12.1 Å². The maximum absolute atomic E-state index is 12.3. The molecule has 2 atom stereocenters. The number of hydrogen-bond acceptors (Lipinski definition) is 4. The van der Waals surface area contributed by atoms with E-state index >= 15 is 0 Å². The smallest absolute Gasteiger partial charge is 0.246 e. The number of para-hydroxylation sites is 2. The fraction of sp³-hybridized carbons (Fsp3) is 0.188. The summed E-state index contributed by atoms with van der Waals surface area (Å²) in [7, 11) is 0. The summed E-state index contributed by atoms with van der Waals surface area (Å²) in [6, 6.07) is 11.6. The second-order valence-electron chi connectivity index (χ2n) is 5.30. The third-order valence-electron chi connectivity index (χ3n) is 4.02. The van der Waals surface area contributed by atoms with Crippen LogP contribution < -0.4 is 5.32 Å². The average Bonchev–Trinajstić information content (AvgIpc) is 3.09. The second kappa shape index (κ2) is 4.68. The van der Waals surface area contributed by atoms with Gasteiger partial charge >= 0.3 is 0 Å². The van der Waals surface area contributed by atoms with Gasteiger partial charge in [-0.2, -0.15) is 5.26 Å². The fourth-order valence-electron chi connectivity index (χ4n) is 2.98. The van der Waals surface area contributed by atoms with Crippen LogP contribution in [0.15, 0.2) is 35.7 Å². The molecule has 1 amide bonds. The molecule has 1 N–H and O–H groups in total. The Balaban J connectivity index is 2.05. The molecule has 0 bridgehead atoms. The Morgan fingerprint density at radius 1 is 1.36 bits per heavy atom. The van der Waals surface area contributed by atoms with Crippen molar-refractivity contribution in [2.45, 2.75) is 13.0 Å². The number of nitriles is 1. The molecule has 2 aromatic heterocycles. The van der Waals surface area contributed by atoms with Crippen LogP contribution in [0.3, 0.4) is 0 Å². The van der Waals surface area contributed by atoms with E-state index in [1.165, 1.54) is 0 Å². The Morgan fingerprint density at radius 3 is 2.91 bits per heavy atom. The van der Waals surface area contributed by atoms with Gasteiger partial charge in [-0.3, -0.25) is 14.7 Å². The van der Waals surface area contributed by atoms with Crippen LogP contribution in [0.4, 0.5) is 5.95 Å². The first kappa shape index (κ1) is 13.0. The minimum atomic E-state index is -0.762. The van der Waals surface area contributed by atoms with Crippen LogP contribution in [0.25, 0.3) is 11.0 Å². The number of carbonyl (C=O) groups is 1. The van der Waals surface area contributed by atoms with E-state index < -0.39 is 5.92 Å². The van der Waals surface area contributed by atoms with Gasteiger partial charge in [-0.25, -0.2) is 4.98 Å². The van der Waals surface area contributed by atoms with E-state index in [4.69, 9.17) is 0 Å². The quantitative estimate of drug-likeness (QED) is 0.751. The van der Waals surface area contributed by atoms with E-state index in [1.54, 1.807) is 11.3 Å². The molecule has 0 unspecified atom stereocenters. The lowest BCUT2D eigenvalue weighted by atomic mass is 9.95. The highest BCUT2D eigenvalue weighted by Crippen LogP contribution is 2.40. The molecule has 5 nitrogen and oxygen atoms in total. The molecule has 0 aliphatic carbocycles. The van der Waals surface area contributed by atoms with Gasteiger partial charge in [0.2, 0.25) is 11.9 Å². The molecule has 1 aromatic carbocycles. The Bertz CT molecular complexity index is 933. The lowest BCUT2D eigenvalue weighted by Crippen LogP contribution is -2.37. The number of nitrogens with one attached hydrogen (secondary N) is 1. The third-order valence-corrected chi connectivity index (χ3v) is 5.11. The molecule has 3 aromatic rings. The zero-order valence-corrected chi connectivity index (χ0v) is 12.6. The Kier molecular flexibility index (Phi) is 2.78. The molecule has 1 aliphatic heterocycles. The first-order valence-electron chi connectivity index (χ1n) is 6.92. The van der Waals surface area contributed by atoms with Gasteiger partial charge in [-0.15, -0.1) is 11.3 Å². The van der Waals surface area contributed by atoms with Crippen LogP contribution in [-0.4, -0.2) is 15.5 Å². The standard InChI is InChI=1S/C16H12N4OS/c1-9-6-7-22-14(9)13-10(8-17)15(21)19-16-18-11-4-2-3-5-12(11)20(13)16/h2-7,10,13H,1H3,(H,18,19,21)/t10-,13+/m1/s1. The summed E-state index contributed by atoms with van der Waals surface area (Å²) in [6.45, 7) is 2.01. The van der Waals surface area contributed by atoms with E-state index in [1.807, 2.05) is 47.2 Å². The van der Waals surface area contributed by atoms with Crippen molar-refractivity contribution in [3.63, 3.8) is 0 Å². The summed E-state index contributed by atoms with van der Waals surface area (Å²) in [5, 5.41) is 14.3. The lowest BCUT2D eigenvalue weighted by Gasteiger charge is -2.29. The predicted octanol–water partition coefficient (Wildman–Crippen LogP) is 3.09. The number of rotatable bonds is 1. The van der Waals surface area contributed by atoms with E-state index in [9.17, 15) is 10.1 Å². The van der Waals surface area contributed by atoms with Crippen molar-refractivity contribution >= 4 is 34.2 Å². The fourth-order valence-corrected chi connectivity index (χ4v) is 4.03. The topological polar surface area (TPSA) is 70.7 Å². The van der Waals surface area contributed by atoms with Gasteiger partial charge in [0, 0.05) is 4.88 Å². The van der Waals surface area contributed by atoms with Crippen LogP contribution in [-0.2, 0) is 4.79 Å². The van der Waals surface area contributed by atoms with E-state index in [0.29, 0.717) is 5.95 Å². The van der Waals surface area contributed by atoms with Gasteiger partial charge in [0.15, 0.2) is 5.92 Å². The van der Waals surface area contributed by atoms with E-state index in [0.717, 1.165) is 21.5 Å². The van der Waals surface area contributed by atoms with Crippen molar-refractivity contribution < 1.29 is 4.79 Å². The molecular formula is C16H12N4OS. The van der Waals surface area contributed by atoms with Crippen molar-refractivity contribution in [2.75, 3.05) is 5.32 Å². The Morgan fingerprint density at radius 2 is 2.18 bits per heavy atom. The molecule has 0 fully saturated rings. The number of fused-ring (bicyclic) bond motifs is 3. The number of benzene rings is 1. The van der Waals surface area contributed by atoms with Gasteiger partial charge < -0.3 is 0 Å². The van der Waals surface area contributed by atoms with Crippen molar-refractivity contribution in [3.8, 4) is 6.07 Å². The summed E-state index contributed by atoms with van der Waals surface area (Å²) in [5.41, 5.74) is 2.83. The molecule has 0 saturated carbocycles. The molecule has 0 saturated heterocycles. The Hall–Kier alpha value is -2.65. The van der Waals surface area contributed by atoms with Crippen molar-refractivity contribution in [1.82, 2.24) is 9.55 Å². The number of anilines is 1. The highest BCUT2D eigenvalue weighted by molar-refractivity contribution is 7.10. The lowest BCUT2D eigenvalue weighted by molar-refractivity contribution is -0.119. The number of aryl methyl sites for hydroxylation is 1. The predicted molar refractivity (Wildman–Crippen MR) is 84.7 cm³/mol. The minimum absolute atomic E-state index is 0.289. The van der Waals surface area contributed by atoms with Crippen molar-refractivity contribution in [2.24, 2.45) is 5.92 Å². The monoisotopic (exact) mass is 308 g/mol. The zero-order valence-electron chi connectivity index (χ0n) is 11.8. The number of imidazole rings is 1. The second-order valence-corrected chi connectivity index (χ2v) is 6.25. The summed E-state index contributed by atoms with van der Waals surface area (Å²) in [5.74, 6) is -0.541. The van der Waals surface area contributed by atoms with Crippen LogP contribution in [0.2, 0.25) is 0 Å². The number of aromatic nitrogens is 2. The molecule has 108 valence electrons. The number of carbonyl (C=O) groups excluding carboxylic acids is 1. The van der Waals surface area contributed by atoms with Crippen LogP contribution in [0, 0.1) is 24.2 Å².